The minimum absolute atomic E-state index is 0.0104. The molecule has 13 nitrogen and oxygen atoms in total. The first-order chi connectivity index (χ1) is 20.2. The van der Waals surface area contributed by atoms with Crippen molar-refractivity contribution in [2.45, 2.75) is 16.7 Å². The molecule has 0 bridgehead atoms. The van der Waals surface area contributed by atoms with Gasteiger partial charge in [-0.05, 0) is 78.2 Å². The first-order valence-electron chi connectivity index (χ1n) is 12.1. The first kappa shape index (κ1) is 30.9. The highest BCUT2D eigenvalue weighted by Gasteiger charge is 2.17. The number of azo groups is 2. The van der Waals surface area contributed by atoms with Gasteiger partial charge in [0.1, 0.15) is 26.8 Å². The summed E-state index contributed by atoms with van der Waals surface area (Å²) in [6.45, 7) is 1.71. The number of benzene rings is 4. The van der Waals surface area contributed by atoms with Crippen molar-refractivity contribution in [2.24, 2.45) is 20.5 Å². The molecule has 0 fully saturated rings. The topological polar surface area (TPSA) is 216 Å². The lowest BCUT2D eigenvalue weighted by Crippen LogP contribution is -2.01. The quantitative estimate of drug-likeness (QED) is 0.0866. The van der Waals surface area contributed by atoms with E-state index in [-0.39, 0.29) is 22.0 Å². The number of hydrogen-bond acceptors (Lipinski definition) is 10. The van der Waals surface area contributed by atoms with Crippen molar-refractivity contribution in [1.82, 2.24) is 0 Å². The van der Waals surface area contributed by atoms with Gasteiger partial charge in [0, 0.05) is 0 Å². The molecule has 0 atom stereocenters. The number of rotatable bonds is 9. The van der Waals surface area contributed by atoms with Gasteiger partial charge in [0.05, 0.1) is 17.1 Å². The maximum atomic E-state index is 12.0. The van der Waals surface area contributed by atoms with Gasteiger partial charge >= 0.3 is 5.97 Å². The van der Waals surface area contributed by atoms with Crippen LogP contribution in [-0.2, 0) is 20.2 Å². The molecule has 0 amide bonds. The molecule has 0 aliphatic rings. The van der Waals surface area contributed by atoms with E-state index in [0.717, 1.165) is 18.2 Å². The van der Waals surface area contributed by atoms with Gasteiger partial charge in [0.25, 0.3) is 20.2 Å². The molecule has 0 unspecified atom stereocenters. The lowest BCUT2D eigenvalue weighted by Gasteiger charge is -2.04. The van der Waals surface area contributed by atoms with Crippen LogP contribution < -0.4 is 0 Å². The van der Waals surface area contributed by atoms with Crippen molar-refractivity contribution in [3.8, 4) is 5.75 Å². The van der Waals surface area contributed by atoms with E-state index in [1.807, 2.05) is 0 Å². The van der Waals surface area contributed by atoms with Crippen molar-refractivity contribution in [1.29, 1.82) is 0 Å². The zero-order valence-corrected chi connectivity index (χ0v) is 23.7. The zero-order valence-electron chi connectivity index (χ0n) is 22.1. The van der Waals surface area contributed by atoms with Crippen LogP contribution in [0.5, 0.6) is 5.75 Å². The summed E-state index contributed by atoms with van der Waals surface area (Å²) in [4.78, 5) is 10.4. The summed E-state index contributed by atoms with van der Waals surface area (Å²) < 4.78 is 66.6. The van der Waals surface area contributed by atoms with E-state index in [1.54, 1.807) is 55.5 Å². The van der Waals surface area contributed by atoms with E-state index in [2.05, 4.69) is 20.5 Å². The number of carboxylic acids is 1. The Labute approximate surface area is 245 Å². The molecule has 0 aliphatic heterocycles. The van der Waals surface area contributed by atoms with Gasteiger partial charge in [-0.3, -0.25) is 9.11 Å². The summed E-state index contributed by atoms with van der Waals surface area (Å²) in [6, 6.07) is 18.3. The number of aryl methyl sites for hydroxylation is 1. The highest BCUT2D eigenvalue weighted by atomic mass is 32.2. The van der Waals surface area contributed by atoms with Crippen molar-refractivity contribution >= 4 is 61.1 Å². The summed E-state index contributed by atoms with van der Waals surface area (Å²) in [6.07, 6.45) is 3.19. The third kappa shape index (κ3) is 8.02. The smallest absolute Gasteiger partial charge is 0.339 e. The van der Waals surface area contributed by atoms with Crippen molar-refractivity contribution < 1.29 is 40.9 Å². The fraction of sp³-hybridized carbons (Fsp3) is 0.0357. The minimum atomic E-state index is -4.77. The second kappa shape index (κ2) is 12.4. The predicted octanol–water partition coefficient (Wildman–Crippen LogP) is 6.89. The average Bonchev–Trinajstić information content (AvgIpc) is 2.94. The van der Waals surface area contributed by atoms with Crippen LogP contribution in [0.2, 0.25) is 0 Å². The molecule has 0 heterocycles. The molecule has 4 aromatic carbocycles. The standard InChI is InChI=1S/C28H22N4O9S2/c1-17-2-6-19(26(14-17)42(36,37)38)7-3-18-4-8-20(9-5-18)29-30-22-10-12-24(27(16-22)43(39,40)41)32-31-21-11-13-25(33)23(15-21)28(34)35/h2-16,33H,1H3,(H,34,35)(H,36,37,38)(H,39,40,41)/b7-3+,30-29?,32-31?. The molecule has 0 aromatic heterocycles. The van der Waals surface area contributed by atoms with Crippen LogP contribution in [-0.4, -0.2) is 42.1 Å². The number of aromatic carboxylic acids is 1. The Bertz CT molecular complexity index is 2020. The molecule has 0 radical (unpaired) electrons. The summed E-state index contributed by atoms with van der Waals surface area (Å²) in [5.74, 6) is -1.88. The maximum absolute atomic E-state index is 12.0. The molecule has 0 spiro atoms. The largest absolute Gasteiger partial charge is 0.507 e. The van der Waals surface area contributed by atoms with Crippen LogP contribution in [0.1, 0.15) is 27.0 Å². The normalized spacial score (nSPS) is 12.4. The van der Waals surface area contributed by atoms with Crippen LogP contribution in [0, 0.1) is 6.92 Å². The Morgan fingerprint density at radius 2 is 1.26 bits per heavy atom. The molecular formula is C28H22N4O9S2. The fourth-order valence-electron chi connectivity index (χ4n) is 3.68. The molecule has 4 N–H and O–H groups in total. The molecule has 4 rings (SSSR count). The molecule has 0 saturated heterocycles. The average molecular weight is 623 g/mol. The number of nitrogens with zero attached hydrogens (tertiary/aromatic N) is 4. The SMILES string of the molecule is Cc1ccc(/C=C/c2ccc(N=Nc3ccc(N=Nc4ccc(O)c(C(=O)O)c4)c(S(=O)(=O)O)c3)cc2)c(S(=O)(=O)O)c1. The van der Waals surface area contributed by atoms with E-state index in [1.165, 1.54) is 24.3 Å². The Morgan fingerprint density at radius 3 is 1.91 bits per heavy atom. The number of carbonyl (C=O) groups is 1. The second-order valence-electron chi connectivity index (χ2n) is 8.97. The highest BCUT2D eigenvalue weighted by Crippen LogP contribution is 2.32. The zero-order chi connectivity index (χ0) is 31.4. The van der Waals surface area contributed by atoms with Gasteiger partial charge in [-0.25, -0.2) is 4.79 Å². The van der Waals surface area contributed by atoms with Gasteiger partial charge in [0.15, 0.2) is 0 Å². The van der Waals surface area contributed by atoms with Crippen molar-refractivity contribution in [3.63, 3.8) is 0 Å². The highest BCUT2D eigenvalue weighted by molar-refractivity contribution is 7.86. The fourth-order valence-corrected chi connectivity index (χ4v) is 5.09. The Balaban J connectivity index is 1.54. The number of aromatic hydroxyl groups is 1. The number of hydrogen-bond donors (Lipinski definition) is 4. The summed E-state index contributed by atoms with van der Waals surface area (Å²) in [5, 5.41) is 34.4. The van der Waals surface area contributed by atoms with Crippen LogP contribution in [0.4, 0.5) is 22.7 Å². The molecule has 4 aromatic rings. The Hall–Kier alpha value is -5.09. The molecule has 220 valence electrons. The van der Waals surface area contributed by atoms with Gasteiger partial charge in [-0.15, -0.1) is 5.11 Å². The molecule has 15 heteroatoms. The second-order valence-corrected chi connectivity index (χ2v) is 11.8. The molecule has 43 heavy (non-hydrogen) atoms. The van der Waals surface area contributed by atoms with E-state index in [0.29, 0.717) is 22.4 Å². The minimum Gasteiger partial charge on any atom is -0.507 e. The number of phenols is 1. The van der Waals surface area contributed by atoms with Crippen LogP contribution in [0.25, 0.3) is 12.2 Å². The monoisotopic (exact) mass is 622 g/mol. The molecule has 0 aliphatic carbocycles. The van der Waals surface area contributed by atoms with Crippen molar-refractivity contribution in [3.05, 3.63) is 101 Å². The predicted molar refractivity (Wildman–Crippen MR) is 156 cm³/mol. The lowest BCUT2D eigenvalue weighted by molar-refractivity contribution is 0.0693. The van der Waals surface area contributed by atoms with Gasteiger partial charge in [-0.1, -0.05) is 36.4 Å². The van der Waals surface area contributed by atoms with E-state index in [4.69, 9.17) is 5.11 Å². The Morgan fingerprint density at radius 1 is 0.674 bits per heavy atom. The first-order valence-corrected chi connectivity index (χ1v) is 15.0. The number of carboxylic acid groups (broad SMARTS) is 1. The van der Waals surface area contributed by atoms with E-state index >= 15 is 0 Å². The van der Waals surface area contributed by atoms with Crippen LogP contribution >= 0.6 is 0 Å². The summed E-state index contributed by atoms with van der Waals surface area (Å²) in [7, 11) is -9.18. The van der Waals surface area contributed by atoms with Crippen molar-refractivity contribution in [2.75, 3.05) is 0 Å². The maximum Gasteiger partial charge on any atom is 0.339 e. The van der Waals surface area contributed by atoms with Gasteiger partial charge in [0.2, 0.25) is 0 Å². The lowest BCUT2D eigenvalue weighted by atomic mass is 10.1. The summed E-state index contributed by atoms with van der Waals surface area (Å²) in [5.41, 5.74) is 1.45. The summed E-state index contributed by atoms with van der Waals surface area (Å²) >= 11 is 0. The van der Waals surface area contributed by atoms with Crippen LogP contribution in [0.15, 0.2) is 109 Å². The van der Waals surface area contributed by atoms with Crippen LogP contribution in [0.3, 0.4) is 0 Å². The third-order valence-electron chi connectivity index (χ3n) is 5.78. The Kier molecular flexibility index (Phi) is 8.91. The van der Waals surface area contributed by atoms with Gasteiger partial charge in [-0.2, -0.15) is 32.2 Å². The molecular weight excluding hydrogens is 600 g/mol. The van der Waals surface area contributed by atoms with Gasteiger partial charge < -0.3 is 10.2 Å². The van der Waals surface area contributed by atoms with E-state index in [9.17, 15) is 35.8 Å². The molecule has 0 saturated carbocycles. The third-order valence-corrected chi connectivity index (χ3v) is 7.57. The van der Waals surface area contributed by atoms with E-state index < -0.39 is 42.4 Å².